The number of carbonyl (C=O) groups is 2. The minimum atomic E-state index is -0.493. The molecule has 1 aliphatic rings. The zero-order valence-corrected chi connectivity index (χ0v) is 12.0. The number of rotatable bonds is 4. The molecule has 0 spiro atoms. The molecule has 110 valence electrons. The van der Waals surface area contributed by atoms with Crippen LogP contribution in [0.1, 0.15) is 26.2 Å². The Morgan fingerprint density at radius 3 is 2.86 bits per heavy atom. The number of anilines is 1. The maximum atomic E-state index is 12.1. The van der Waals surface area contributed by atoms with Gasteiger partial charge in [0.1, 0.15) is 11.6 Å². The Balaban J connectivity index is 1.82. The average Bonchev–Trinajstić information content (AvgIpc) is 3.00. The Kier molecular flexibility index (Phi) is 3.37. The van der Waals surface area contributed by atoms with Crippen LogP contribution in [0, 0.1) is 0 Å². The highest BCUT2D eigenvalue weighted by Crippen LogP contribution is 2.23. The number of hydrogen-bond donors (Lipinski definition) is 1. The van der Waals surface area contributed by atoms with Crippen LogP contribution in [0.4, 0.5) is 5.69 Å². The fourth-order valence-corrected chi connectivity index (χ4v) is 2.55. The van der Waals surface area contributed by atoms with E-state index in [0.29, 0.717) is 12.4 Å². The number of aromatic nitrogens is 1. The van der Waals surface area contributed by atoms with Crippen LogP contribution in [0.25, 0.3) is 11.1 Å². The Bertz CT molecular complexity index is 707. The van der Waals surface area contributed by atoms with Gasteiger partial charge in [-0.05, 0) is 25.1 Å². The maximum absolute atomic E-state index is 12.1. The number of benzene rings is 1. The number of hydrogen-bond acceptors (Lipinski definition) is 5. The summed E-state index contributed by atoms with van der Waals surface area (Å²) in [5, 5.41) is 3.11. The summed E-state index contributed by atoms with van der Waals surface area (Å²) in [5.41, 5.74) is 2.24. The molecule has 0 saturated carbocycles. The summed E-state index contributed by atoms with van der Waals surface area (Å²) >= 11 is 0. The number of nitrogens with zero attached hydrogens (tertiary/aromatic N) is 2. The maximum Gasteiger partial charge on any atom is 0.252 e. The summed E-state index contributed by atoms with van der Waals surface area (Å²) in [6, 6.07) is 5.00. The largest absolute Gasteiger partial charge is 0.441 e. The van der Waals surface area contributed by atoms with E-state index < -0.39 is 6.04 Å². The summed E-state index contributed by atoms with van der Waals surface area (Å²) < 4.78 is 5.55. The third-order valence-corrected chi connectivity index (χ3v) is 3.64. The van der Waals surface area contributed by atoms with Crippen LogP contribution in [0.3, 0.4) is 0 Å². The summed E-state index contributed by atoms with van der Waals surface area (Å²) in [7, 11) is 0. The van der Waals surface area contributed by atoms with Gasteiger partial charge in [-0.1, -0.05) is 6.92 Å². The molecule has 2 amide bonds. The topological polar surface area (TPSA) is 75.4 Å². The molecule has 1 fully saturated rings. The molecule has 1 aliphatic heterocycles. The van der Waals surface area contributed by atoms with E-state index in [1.54, 1.807) is 6.92 Å². The lowest BCUT2D eigenvalue weighted by atomic mass is 10.2. The number of fused-ring (bicyclic) bond motifs is 1. The Hall–Kier alpha value is -2.37. The number of nitrogens with one attached hydrogen (secondary N) is 1. The van der Waals surface area contributed by atoms with Crippen molar-refractivity contribution in [1.29, 1.82) is 0 Å². The zero-order valence-electron chi connectivity index (χ0n) is 12.0. The first kappa shape index (κ1) is 13.6. The predicted molar refractivity (Wildman–Crippen MR) is 77.8 cm³/mol. The molecule has 2 aromatic rings. The van der Waals surface area contributed by atoms with Crippen molar-refractivity contribution in [2.45, 2.75) is 32.7 Å². The van der Waals surface area contributed by atoms with Crippen molar-refractivity contribution in [2.24, 2.45) is 0 Å². The first-order chi connectivity index (χ1) is 10.1. The van der Waals surface area contributed by atoms with Crippen molar-refractivity contribution in [3.63, 3.8) is 0 Å². The molecule has 0 bridgehead atoms. The number of oxazole rings is 1. The molecule has 1 atom stereocenters. The van der Waals surface area contributed by atoms with Crippen molar-refractivity contribution in [3.05, 3.63) is 24.1 Å². The van der Waals surface area contributed by atoms with Gasteiger partial charge in [-0.2, -0.15) is 0 Å². The summed E-state index contributed by atoms with van der Waals surface area (Å²) in [6.07, 6.45) is 0.933. The van der Waals surface area contributed by atoms with E-state index in [0.717, 1.165) is 23.2 Å². The van der Waals surface area contributed by atoms with Gasteiger partial charge in [-0.3, -0.25) is 14.5 Å². The van der Waals surface area contributed by atoms with Gasteiger partial charge in [-0.15, -0.1) is 0 Å². The molecule has 1 aromatic heterocycles. The quantitative estimate of drug-likeness (QED) is 0.870. The predicted octanol–water partition coefficient (Wildman–Crippen LogP) is 1.95. The first-order valence-electron chi connectivity index (χ1n) is 7.12. The Morgan fingerprint density at radius 1 is 1.38 bits per heavy atom. The highest BCUT2D eigenvalue weighted by Gasteiger charge is 2.37. The van der Waals surface area contributed by atoms with Gasteiger partial charge in [0.2, 0.25) is 5.91 Å². The molecular weight excluding hydrogens is 270 g/mol. The van der Waals surface area contributed by atoms with Gasteiger partial charge in [-0.25, -0.2) is 4.98 Å². The second kappa shape index (κ2) is 5.20. The molecule has 3 rings (SSSR count). The standard InChI is InChI=1S/C15H17N3O3/c1-3-13-17-10-7-9(5-6-12(10)21-13)16-11-8-14(19)18(4-2)15(11)20/h5-7,11,16H,3-4,8H2,1-2H3. The molecule has 1 saturated heterocycles. The van der Waals surface area contributed by atoms with Gasteiger partial charge in [0.15, 0.2) is 11.5 Å². The van der Waals surface area contributed by atoms with E-state index in [2.05, 4.69) is 10.3 Å². The highest BCUT2D eigenvalue weighted by molar-refractivity contribution is 6.06. The number of amides is 2. The smallest absolute Gasteiger partial charge is 0.252 e. The van der Waals surface area contributed by atoms with Crippen LogP contribution in [0.15, 0.2) is 22.6 Å². The monoisotopic (exact) mass is 287 g/mol. The SMILES string of the molecule is CCc1nc2cc(NC3CC(=O)N(CC)C3=O)ccc2o1. The van der Waals surface area contributed by atoms with Crippen LogP contribution in [-0.4, -0.2) is 34.3 Å². The van der Waals surface area contributed by atoms with E-state index in [1.807, 2.05) is 25.1 Å². The van der Waals surface area contributed by atoms with Crippen LogP contribution in [0.2, 0.25) is 0 Å². The third kappa shape index (κ3) is 2.37. The van der Waals surface area contributed by atoms with Crippen LogP contribution in [0.5, 0.6) is 0 Å². The van der Waals surface area contributed by atoms with E-state index >= 15 is 0 Å². The fourth-order valence-electron chi connectivity index (χ4n) is 2.55. The fraction of sp³-hybridized carbons (Fsp3) is 0.400. The van der Waals surface area contributed by atoms with Gasteiger partial charge >= 0.3 is 0 Å². The lowest BCUT2D eigenvalue weighted by molar-refractivity contribution is -0.138. The minimum absolute atomic E-state index is 0.129. The van der Waals surface area contributed by atoms with Gasteiger partial charge in [0.05, 0.1) is 6.42 Å². The van der Waals surface area contributed by atoms with E-state index in [1.165, 1.54) is 4.90 Å². The van der Waals surface area contributed by atoms with E-state index in [9.17, 15) is 9.59 Å². The lowest BCUT2D eigenvalue weighted by Crippen LogP contribution is -2.34. The second-order valence-corrected chi connectivity index (χ2v) is 5.02. The molecule has 0 aliphatic carbocycles. The number of aryl methyl sites for hydroxylation is 1. The van der Waals surface area contributed by atoms with Crippen LogP contribution >= 0.6 is 0 Å². The highest BCUT2D eigenvalue weighted by atomic mass is 16.3. The van der Waals surface area contributed by atoms with Gasteiger partial charge in [0.25, 0.3) is 5.91 Å². The number of likely N-dealkylation sites (tertiary alicyclic amines) is 1. The van der Waals surface area contributed by atoms with Crippen molar-refractivity contribution in [1.82, 2.24) is 9.88 Å². The van der Waals surface area contributed by atoms with Crippen LogP contribution < -0.4 is 5.32 Å². The van der Waals surface area contributed by atoms with Crippen molar-refractivity contribution >= 4 is 28.6 Å². The number of imide groups is 1. The summed E-state index contributed by atoms with van der Waals surface area (Å²) in [4.78, 5) is 29.4. The molecule has 6 nitrogen and oxygen atoms in total. The van der Waals surface area contributed by atoms with Crippen molar-refractivity contribution in [3.8, 4) is 0 Å². The zero-order chi connectivity index (χ0) is 15.0. The van der Waals surface area contributed by atoms with E-state index in [-0.39, 0.29) is 18.2 Å². The van der Waals surface area contributed by atoms with Crippen molar-refractivity contribution < 1.29 is 14.0 Å². The molecule has 2 heterocycles. The normalized spacial score (nSPS) is 18.8. The molecule has 1 aromatic carbocycles. The number of likely N-dealkylation sites (N-methyl/N-ethyl adjacent to an activating group) is 1. The average molecular weight is 287 g/mol. The van der Waals surface area contributed by atoms with E-state index in [4.69, 9.17) is 4.42 Å². The molecule has 0 radical (unpaired) electrons. The molecular formula is C15H17N3O3. The Morgan fingerprint density at radius 2 is 2.19 bits per heavy atom. The molecule has 1 unspecified atom stereocenters. The van der Waals surface area contributed by atoms with Crippen molar-refractivity contribution in [2.75, 3.05) is 11.9 Å². The number of carbonyl (C=O) groups excluding carboxylic acids is 2. The Labute approximate surface area is 122 Å². The first-order valence-corrected chi connectivity index (χ1v) is 7.12. The third-order valence-electron chi connectivity index (χ3n) is 3.64. The molecule has 6 heteroatoms. The summed E-state index contributed by atoms with van der Waals surface area (Å²) in [6.45, 7) is 4.19. The molecule has 1 N–H and O–H groups in total. The second-order valence-electron chi connectivity index (χ2n) is 5.02. The summed E-state index contributed by atoms with van der Waals surface area (Å²) in [5.74, 6) is 0.388. The van der Waals surface area contributed by atoms with Gasteiger partial charge < -0.3 is 9.73 Å². The molecule has 21 heavy (non-hydrogen) atoms. The van der Waals surface area contributed by atoms with Gasteiger partial charge in [0, 0.05) is 18.7 Å². The van der Waals surface area contributed by atoms with Crippen LogP contribution in [-0.2, 0) is 16.0 Å². The minimum Gasteiger partial charge on any atom is -0.441 e. The lowest BCUT2D eigenvalue weighted by Gasteiger charge is -2.13.